The van der Waals surface area contributed by atoms with Gasteiger partial charge in [-0.3, -0.25) is 0 Å². The second-order valence-corrected chi connectivity index (χ2v) is 1.56. The van der Waals surface area contributed by atoms with E-state index in [1.807, 2.05) is 0 Å². The maximum absolute atomic E-state index is 10.1. The van der Waals surface area contributed by atoms with Gasteiger partial charge in [0.05, 0.1) is 6.61 Å². The van der Waals surface area contributed by atoms with E-state index in [-0.39, 0.29) is 12.6 Å². The Labute approximate surface area is 62.3 Å². The van der Waals surface area contributed by atoms with Gasteiger partial charge in [-0.1, -0.05) is 0 Å². The summed E-state index contributed by atoms with van der Waals surface area (Å²) in [4.78, 5) is 18.7. The monoisotopic (exact) mass is 164 g/mol. The van der Waals surface area contributed by atoms with E-state index in [4.69, 9.17) is 19.7 Å². The summed E-state index contributed by atoms with van der Waals surface area (Å²) in [6.45, 7) is 1.09. The highest BCUT2D eigenvalue weighted by molar-refractivity contribution is 5.71. The van der Waals surface area contributed by atoms with Crippen LogP contribution in [0.1, 0.15) is 0 Å². The molecule has 64 valence electrons. The van der Waals surface area contributed by atoms with Gasteiger partial charge in [0.15, 0.2) is 0 Å². The molecule has 0 radical (unpaired) electrons. The molecule has 1 rings (SSSR count). The molecule has 0 aliphatic carbocycles. The fourth-order valence-corrected chi connectivity index (χ4v) is 0.412. The number of hydrogen-bond donors (Lipinski definition) is 2. The normalized spacial score (nSPS) is 15.8. The first-order chi connectivity index (χ1) is 5.13. The van der Waals surface area contributed by atoms with Crippen molar-refractivity contribution < 1.29 is 29.3 Å². The van der Waals surface area contributed by atoms with E-state index in [9.17, 15) is 4.79 Å². The summed E-state index contributed by atoms with van der Waals surface area (Å²) >= 11 is 0. The Hall–Kier alpha value is -1.30. The number of carbonyl (C=O) groups is 2. The Morgan fingerprint density at radius 3 is 2.09 bits per heavy atom. The van der Waals surface area contributed by atoms with Gasteiger partial charge in [0, 0.05) is 0 Å². The van der Waals surface area contributed by atoms with E-state index in [1.54, 1.807) is 0 Å². The molecule has 0 spiro atoms. The van der Waals surface area contributed by atoms with Crippen LogP contribution in [0.2, 0.25) is 0 Å². The predicted molar refractivity (Wildman–Crippen MR) is 32.4 cm³/mol. The third-order valence-corrected chi connectivity index (χ3v) is 0.711. The van der Waals surface area contributed by atoms with Crippen LogP contribution in [0.15, 0.2) is 0 Å². The van der Waals surface area contributed by atoms with Crippen molar-refractivity contribution in [3.05, 3.63) is 0 Å². The average molecular weight is 164 g/mol. The van der Waals surface area contributed by atoms with Crippen LogP contribution in [0.5, 0.6) is 0 Å². The van der Waals surface area contributed by atoms with Gasteiger partial charge in [0.2, 0.25) is 0 Å². The molecule has 6 nitrogen and oxygen atoms in total. The van der Waals surface area contributed by atoms with Crippen LogP contribution in [0.4, 0.5) is 4.79 Å². The largest absolute Gasteiger partial charge is 0.503 e. The molecular formula is C5H8O6. The molecule has 0 aromatic heterocycles. The second kappa shape index (κ2) is 5.48. The van der Waals surface area contributed by atoms with E-state index >= 15 is 0 Å². The molecule has 0 aromatic rings. The van der Waals surface area contributed by atoms with Crippen LogP contribution in [-0.4, -0.2) is 42.2 Å². The van der Waals surface area contributed by atoms with Crippen LogP contribution >= 0.6 is 0 Å². The molecule has 0 saturated carbocycles. The van der Waals surface area contributed by atoms with Gasteiger partial charge < -0.3 is 19.7 Å². The first-order valence-electron chi connectivity index (χ1n) is 2.78. The average Bonchev–Trinajstić information content (AvgIpc) is 1.87. The molecule has 1 fully saturated rings. The highest BCUT2D eigenvalue weighted by Crippen LogP contribution is 1.88. The summed E-state index contributed by atoms with van der Waals surface area (Å²) < 4.78 is 9.22. The smallest absolute Gasteiger partial charge is 0.462 e. The van der Waals surface area contributed by atoms with Crippen molar-refractivity contribution in [2.75, 3.05) is 19.8 Å². The Bertz CT molecular complexity index is 130. The number of carboxylic acid groups (broad SMARTS) is 2. The molecule has 0 amide bonds. The summed E-state index contributed by atoms with van der Waals surface area (Å²) in [6.07, 6.45) is -1.83. The van der Waals surface area contributed by atoms with Crippen molar-refractivity contribution in [1.29, 1.82) is 0 Å². The fraction of sp³-hybridized carbons (Fsp3) is 0.600. The lowest BCUT2D eigenvalue weighted by Gasteiger charge is -2.09. The number of esters is 1. The predicted octanol–water partition coefficient (Wildman–Crippen LogP) is -0.218. The zero-order chi connectivity index (χ0) is 8.69. The molecule has 0 atom stereocenters. The van der Waals surface area contributed by atoms with Crippen molar-refractivity contribution in [3.63, 3.8) is 0 Å². The molecule has 11 heavy (non-hydrogen) atoms. The summed E-state index contributed by atoms with van der Waals surface area (Å²) in [7, 11) is 0. The summed E-state index contributed by atoms with van der Waals surface area (Å²) in [5.41, 5.74) is 0. The summed E-state index contributed by atoms with van der Waals surface area (Å²) in [5.74, 6) is -0.258. The zero-order valence-electron chi connectivity index (χ0n) is 5.65. The van der Waals surface area contributed by atoms with Gasteiger partial charge >= 0.3 is 12.1 Å². The third-order valence-electron chi connectivity index (χ3n) is 0.711. The van der Waals surface area contributed by atoms with Crippen molar-refractivity contribution >= 4 is 12.1 Å². The topological polar surface area (TPSA) is 93.1 Å². The quantitative estimate of drug-likeness (QED) is 0.481. The van der Waals surface area contributed by atoms with Crippen LogP contribution in [-0.2, 0) is 14.3 Å². The second-order valence-electron chi connectivity index (χ2n) is 1.56. The highest BCUT2D eigenvalue weighted by Gasteiger charge is 2.06. The number of ether oxygens (including phenoxy) is 2. The third kappa shape index (κ3) is 8.70. The highest BCUT2D eigenvalue weighted by atomic mass is 16.6. The van der Waals surface area contributed by atoms with Gasteiger partial charge in [-0.25, -0.2) is 9.59 Å². The zero-order valence-corrected chi connectivity index (χ0v) is 5.65. The number of carbonyl (C=O) groups excluding carboxylic acids is 1. The molecule has 1 saturated heterocycles. The number of hydrogen-bond acceptors (Lipinski definition) is 4. The Morgan fingerprint density at radius 1 is 1.36 bits per heavy atom. The van der Waals surface area contributed by atoms with E-state index in [1.165, 1.54) is 0 Å². The standard InChI is InChI=1S/C4H6O3.CH2O3/c5-4-3-6-1-2-7-4;2-1(3)4/h1-3H2;(H2,2,3,4). The molecular weight excluding hydrogens is 156 g/mol. The van der Waals surface area contributed by atoms with Crippen molar-refractivity contribution in [2.24, 2.45) is 0 Å². The molecule has 0 unspecified atom stereocenters. The SMILES string of the molecule is O=C(O)O.O=C1COCCO1. The maximum Gasteiger partial charge on any atom is 0.503 e. The first kappa shape index (κ1) is 9.70. The van der Waals surface area contributed by atoms with Crippen molar-refractivity contribution in [1.82, 2.24) is 0 Å². The van der Waals surface area contributed by atoms with Gasteiger partial charge in [-0.05, 0) is 0 Å². The number of cyclic esters (lactones) is 1. The molecule has 0 aromatic carbocycles. The maximum atomic E-state index is 10.1. The summed E-state index contributed by atoms with van der Waals surface area (Å²) in [5, 5.41) is 13.9. The van der Waals surface area contributed by atoms with E-state index < -0.39 is 6.16 Å². The van der Waals surface area contributed by atoms with Gasteiger partial charge in [-0.2, -0.15) is 0 Å². The van der Waals surface area contributed by atoms with Crippen LogP contribution in [0.3, 0.4) is 0 Å². The minimum absolute atomic E-state index is 0.125. The van der Waals surface area contributed by atoms with Crippen molar-refractivity contribution in [3.8, 4) is 0 Å². The molecule has 2 N–H and O–H groups in total. The lowest BCUT2D eigenvalue weighted by Crippen LogP contribution is -2.22. The minimum atomic E-state index is -1.83. The van der Waals surface area contributed by atoms with Gasteiger partial charge in [0.25, 0.3) is 0 Å². The molecule has 1 aliphatic heterocycles. The van der Waals surface area contributed by atoms with Gasteiger partial charge in [-0.15, -0.1) is 0 Å². The Kier molecular flexibility index (Phi) is 4.83. The lowest BCUT2D eigenvalue weighted by atomic mass is 10.6. The Balaban J connectivity index is 0.000000218. The van der Waals surface area contributed by atoms with Crippen LogP contribution < -0.4 is 0 Å². The molecule has 1 aliphatic rings. The van der Waals surface area contributed by atoms with E-state index in [0.717, 1.165) is 0 Å². The molecule has 0 bridgehead atoms. The van der Waals surface area contributed by atoms with Crippen LogP contribution in [0.25, 0.3) is 0 Å². The van der Waals surface area contributed by atoms with E-state index in [2.05, 4.69) is 4.74 Å². The molecule has 6 heteroatoms. The van der Waals surface area contributed by atoms with E-state index in [0.29, 0.717) is 13.2 Å². The number of rotatable bonds is 0. The Morgan fingerprint density at radius 2 is 1.91 bits per heavy atom. The van der Waals surface area contributed by atoms with Gasteiger partial charge in [0.1, 0.15) is 13.2 Å². The lowest BCUT2D eigenvalue weighted by molar-refractivity contribution is -0.159. The molecule has 1 heterocycles. The summed E-state index contributed by atoms with van der Waals surface area (Å²) in [6, 6.07) is 0. The van der Waals surface area contributed by atoms with Crippen LogP contribution in [0, 0.1) is 0 Å². The van der Waals surface area contributed by atoms with Crippen molar-refractivity contribution in [2.45, 2.75) is 0 Å². The first-order valence-corrected chi connectivity index (χ1v) is 2.78. The minimum Gasteiger partial charge on any atom is -0.462 e. The fourth-order valence-electron chi connectivity index (χ4n) is 0.412.